The molecule has 1 aromatic rings. The summed E-state index contributed by atoms with van der Waals surface area (Å²) in [5, 5.41) is 8.44. The highest BCUT2D eigenvalue weighted by atomic mass is 16.5. The molecule has 0 aromatic heterocycles. The van der Waals surface area contributed by atoms with E-state index in [1.165, 1.54) is 5.56 Å². The molecule has 13 heavy (non-hydrogen) atoms. The number of aliphatic hydroxyl groups is 1. The molecule has 0 amide bonds. The van der Waals surface area contributed by atoms with Gasteiger partial charge >= 0.3 is 0 Å². The Morgan fingerprint density at radius 3 is 2.62 bits per heavy atom. The first-order valence-corrected chi connectivity index (χ1v) is 4.28. The highest BCUT2D eigenvalue weighted by Crippen LogP contribution is 2.04. The molecule has 2 heteroatoms. The van der Waals surface area contributed by atoms with Crippen LogP contribution in [0.15, 0.2) is 30.5 Å². The largest absolute Gasteiger partial charge is 0.499 e. The van der Waals surface area contributed by atoms with Crippen molar-refractivity contribution in [1.29, 1.82) is 0 Å². The third-order valence-electron chi connectivity index (χ3n) is 1.64. The summed E-state index contributed by atoms with van der Waals surface area (Å²) in [6.07, 6.45) is 3.47. The fraction of sp³-hybridized carbons (Fsp3) is 0.273. The summed E-state index contributed by atoms with van der Waals surface area (Å²) in [5.41, 5.74) is 2.34. The van der Waals surface area contributed by atoms with Crippen LogP contribution in [-0.4, -0.2) is 18.3 Å². The Hall–Kier alpha value is -1.28. The van der Waals surface area contributed by atoms with Gasteiger partial charge in [-0.1, -0.05) is 29.8 Å². The van der Waals surface area contributed by atoms with E-state index in [1.807, 2.05) is 30.3 Å². The molecule has 0 atom stereocenters. The summed E-state index contributed by atoms with van der Waals surface area (Å²) in [6.45, 7) is 2.45. The van der Waals surface area contributed by atoms with Gasteiger partial charge in [-0.15, -0.1) is 0 Å². The second-order valence-corrected chi connectivity index (χ2v) is 2.81. The molecular weight excluding hydrogens is 164 g/mol. The third-order valence-corrected chi connectivity index (χ3v) is 1.64. The molecule has 0 saturated carbocycles. The summed E-state index contributed by atoms with van der Waals surface area (Å²) in [4.78, 5) is 0. The van der Waals surface area contributed by atoms with E-state index in [1.54, 1.807) is 6.26 Å². The molecule has 2 nitrogen and oxygen atoms in total. The zero-order chi connectivity index (χ0) is 9.52. The van der Waals surface area contributed by atoms with Crippen molar-refractivity contribution < 1.29 is 9.84 Å². The summed E-state index contributed by atoms with van der Waals surface area (Å²) < 4.78 is 4.99. The number of aliphatic hydroxyl groups excluding tert-OH is 1. The Morgan fingerprint density at radius 1 is 1.31 bits per heavy atom. The van der Waals surface area contributed by atoms with Gasteiger partial charge in [0.15, 0.2) is 0 Å². The van der Waals surface area contributed by atoms with Crippen molar-refractivity contribution in [3.05, 3.63) is 41.7 Å². The van der Waals surface area contributed by atoms with Crippen molar-refractivity contribution in [2.45, 2.75) is 6.92 Å². The van der Waals surface area contributed by atoms with E-state index in [9.17, 15) is 0 Å². The number of aryl methyl sites for hydroxylation is 1. The van der Waals surface area contributed by atoms with Crippen molar-refractivity contribution in [2.75, 3.05) is 13.2 Å². The van der Waals surface area contributed by atoms with Gasteiger partial charge in [0.1, 0.15) is 6.61 Å². The molecule has 0 aliphatic carbocycles. The first-order valence-electron chi connectivity index (χ1n) is 4.28. The molecule has 1 rings (SSSR count). The quantitative estimate of drug-likeness (QED) is 0.564. The van der Waals surface area contributed by atoms with Gasteiger partial charge in [-0.3, -0.25) is 0 Å². The van der Waals surface area contributed by atoms with E-state index in [-0.39, 0.29) is 6.61 Å². The lowest BCUT2D eigenvalue weighted by atomic mass is 10.1. The van der Waals surface area contributed by atoms with Gasteiger partial charge in [0.2, 0.25) is 0 Å². The van der Waals surface area contributed by atoms with Crippen LogP contribution in [0.4, 0.5) is 0 Å². The van der Waals surface area contributed by atoms with E-state index < -0.39 is 0 Å². The molecule has 1 N–H and O–H groups in total. The zero-order valence-electron chi connectivity index (χ0n) is 7.73. The molecule has 0 aliphatic rings. The predicted molar refractivity (Wildman–Crippen MR) is 53.3 cm³/mol. The third kappa shape index (κ3) is 3.76. The van der Waals surface area contributed by atoms with Crippen molar-refractivity contribution in [3.8, 4) is 0 Å². The van der Waals surface area contributed by atoms with Gasteiger partial charge in [-0.2, -0.15) is 0 Å². The lowest BCUT2D eigenvalue weighted by Gasteiger charge is -1.96. The molecule has 0 saturated heterocycles. The smallest absolute Gasteiger partial charge is 0.110 e. The predicted octanol–water partition coefficient (Wildman–Crippen LogP) is 1.97. The standard InChI is InChI=1S/C11H14O2/c1-10-2-4-11(5-3-10)6-8-13-9-7-12/h2-6,8,12H,7,9H2,1H3/b8-6+. The molecule has 0 heterocycles. The minimum atomic E-state index is 0.0538. The Bertz CT molecular complexity index is 262. The van der Waals surface area contributed by atoms with E-state index in [0.29, 0.717) is 6.61 Å². The minimum Gasteiger partial charge on any atom is -0.499 e. The van der Waals surface area contributed by atoms with Gasteiger partial charge in [0, 0.05) is 0 Å². The lowest BCUT2D eigenvalue weighted by molar-refractivity contribution is 0.167. The number of rotatable bonds is 4. The molecule has 0 spiro atoms. The maximum atomic E-state index is 8.44. The van der Waals surface area contributed by atoms with Crippen LogP contribution in [0, 0.1) is 6.92 Å². The van der Waals surface area contributed by atoms with Crippen LogP contribution in [0.1, 0.15) is 11.1 Å². The van der Waals surface area contributed by atoms with Gasteiger partial charge in [-0.05, 0) is 18.6 Å². The fourth-order valence-corrected chi connectivity index (χ4v) is 0.925. The van der Waals surface area contributed by atoms with Crippen molar-refractivity contribution in [2.24, 2.45) is 0 Å². The Kier molecular flexibility index (Phi) is 4.06. The molecule has 0 radical (unpaired) electrons. The Labute approximate surface area is 78.5 Å². The Balaban J connectivity index is 2.44. The fourth-order valence-electron chi connectivity index (χ4n) is 0.925. The second kappa shape index (κ2) is 5.38. The first-order chi connectivity index (χ1) is 6.33. The monoisotopic (exact) mass is 178 g/mol. The van der Waals surface area contributed by atoms with Gasteiger partial charge in [-0.25, -0.2) is 0 Å². The van der Waals surface area contributed by atoms with Gasteiger partial charge in [0.05, 0.1) is 12.9 Å². The number of hydrogen-bond acceptors (Lipinski definition) is 2. The van der Waals surface area contributed by atoms with Crippen molar-refractivity contribution in [1.82, 2.24) is 0 Å². The second-order valence-electron chi connectivity index (χ2n) is 2.81. The topological polar surface area (TPSA) is 29.5 Å². The number of ether oxygens (including phenoxy) is 1. The van der Waals surface area contributed by atoms with Crippen LogP contribution in [0.25, 0.3) is 6.08 Å². The van der Waals surface area contributed by atoms with Crippen LogP contribution in [0.5, 0.6) is 0 Å². The molecule has 1 aromatic carbocycles. The molecule has 0 aliphatic heterocycles. The maximum absolute atomic E-state index is 8.44. The first kappa shape index (κ1) is 9.81. The summed E-state index contributed by atoms with van der Waals surface area (Å²) in [7, 11) is 0. The zero-order valence-corrected chi connectivity index (χ0v) is 7.73. The van der Waals surface area contributed by atoms with Gasteiger partial charge < -0.3 is 9.84 Å². The van der Waals surface area contributed by atoms with E-state index in [0.717, 1.165) is 5.56 Å². The van der Waals surface area contributed by atoms with Crippen molar-refractivity contribution >= 4 is 6.08 Å². The summed E-state index contributed by atoms with van der Waals surface area (Å²) in [5.74, 6) is 0. The van der Waals surface area contributed by atoms with E-state index in [2.05, 4.69) is 6.92 Å². The lowest BCUT2D eigenvalue weighted by Crippen LogP contribution is -1.91. The Morgan fingerprint density at radius 2 is 2.00 bits per heavy atom. The maximum Gasteiger partial charge on any atom is 0.110 e. The van der Waals surface area contributed by atoms with Crippen LogP contribution >= 0.6 is 0 Å². The molecule has 0 bridgehead atoms. The number of benzene rings is 1. The minimum absolute atomic E-state index is 0.0538. The molecule has 0 fully saturated rings. The van der Waals surface area contributed by atoms with Crippen molar-refractivity contribution in [3.63, 3.8) is 0 Å². The van der Waals surface area contributed by atoms with E-state index >= 15 is 0 Å². The van der Waals surface area contributed by atoms with Crippen LogP contribution < -0.4 is 0 Å². The summed E-state index contributed by atoms with van der Waals surface area (Å²) >= 11 is 0. The highest BCUT2D eigenvalue weighted by Gasteiger charge is 1.85. The van der Waals surface area contributed by atoms with Crippen LogP contribution in [-0.2, 0) is 4.74 Å². The average Bonchev–Trinajstić information content (AvgIpc) is 2.15. The van der Waals surface area contributed by atoms with Crippen LogP contribution in [0.3, 0.4) is 0 Å². The average molecular weight is 178 g/mol. The van der Waals surface area contributed by atoms with Gasteiger partial charge in [0.25, 0.3) is 0 Å². The molecule has 70 valence electrons. The normalized spacial score (nSPS) is 10.6. The number of hydrogen-bond donors (Lipinski definition) is 1. The van der Waals surface area contributed by atoms with Crippen LogP contribution in [0.2, 0.25) is 0 Å². The highest BCUT2D eigenvalue weighted by molar-refractivity contribution is 5.48. The molecular formula is C11H14O2. The van der Waals surface area contributed by atoms with E-state index in [4.69, 9.17) is 9.84 Å². The molecule has 0 unspecified atom stereocenters. The summed E-state index contributed by atoms with van der Waals surface area (Å²) in [6, 6.07) is 8.14. The SMILES string of the molecule is Cc1ccc(/C=C/OCCO)cc1.